The summed E-state index contributed by atoms with van der Waals surface area (Å²) >= 11 is 0. The summed E-state index contributed by atoms with van der Waals surface area (Å²) in [6, 6.07) is 6.37. The van der Waals surface area contributed by atoms with Gasteiger partial charge in [-0.3, -0.25) is 9.52 Å². The summed E-state index contributed by atoms with van der Waals surface area (Å²) in [5.74, 6) is -0.178. The molecule has 2 rings (SSSR count). The molecule has 1 amide bonds. The van der Waals surface area contributed by atoms with Gasteiger partial charge >= 0.3 is 0 Å². The number of anilines is 1. The molecule has 3 N–H and O–H groups in total. The zero-order valence-electron chi connectivity index (χ0n) is 11.9. The van der Waals surface area contributed by atoms with Crippen LogP contribution in [0.15, 0.2) is 24.3 Å². The van der Waals surface area contributed by atoms with Gasteiger partial charge < -0.3 is 10.4 Å². The molecule has 21 heavy (non-hydrogen) atoms. The second kappa shape index (κ2) is 6.44. The Labute approximate surface area is 124 Å². The summed E-state index contributed by atoms with van der Waals surface area (Å²) in [7, 11) is -3.31. The van der Waals surface area contributed by atoms with Gasteiger partial charge in [-0.25, -0.2) is 8.42 Å². The number of hydrogen-bond donors (Lipinski definition) is 3. The van der Waals surface area contributed by atoms with Crippen molar-refractivity contribution in [3.8, 4) is 0 Å². The quantitative estimate of drug-likeness (QED) is 0.775. The topological polar surface area (TPSA) is 95.5 Å². The van der Waals surface area contributed by atoms with E-state index in [2.05, 4.69) is 10.0 Å². The molecule has 1 saturated carbocycles. The van der Waals surface area contributed by atoms with E-state index in [1.165, 1.54) is 0 Å². The largest absolute Gasteiger partial charge is 0.393 e. The SMILES string of the molecule is CS(=O)(=O)Nc1ccc(C(=O)NC2CCC(O)CC2)cc1. The molecule has 1 aliphatic rings. The lowest BCUT2D eigenvalue weighted by Crippen LogP contribution is -2.38. The molecule has 1 aliphatic carbocycles. The molecule has 116 valence electrons. The molecule has 0 radical (unpaired) electrons. The molecule has 0 heterocycles. The third-order valence-electron chi connectivity index (χ3n) is 3.48. The maximum Gasteiger partial charge on any atom is 0.251 e. The lowest BCUT2D eigenvalue weighted by molar-refractivity contribution is 0.0867. The highest BCUT2D eigenvalue weighted by Gasteiger charge is 2.21. The van der Waals surface area contributed by atoms with Crippen molar-refractivity contribution in [2.45, 2.75) is 37.8 Å². The zero-order valence-corrected chi connectivity index (χ0v) is 12.7. The molecule has 6 nitrogen and oxygen atoms in total. The monoisotopic (exact) mass is 312 g/mol. The average molecular weight is 312 g/mol. The van der Waals surface area contributed by atoms with Crippen LogP contribution in [0.4, 0.5) is 5.69 Å². The van der Waals surface area contributed by atoms with Gasteiger partial charge in [-0.2, -0.15) is 0 Å². The Morgan fingerprint density at radius 3 is 2.24 bits per heavy atom. The first-order chi connectivity index (χ1) is 9.83. The predicted octanol–water partition coefficient (Wildman–Crippen LogP) is 1.09. The van der Waals surface area contributed by atoms with Gasteiger partial charge in [0.25, 0.3) is 5.91 Å². The highest BCUT2D eigenvalue weighted by atomic mass is 32.2. The molecule has 0 unspecified atom stereocenters. The van der Waals surface area contributed by atoms with E-state index >= 15 is 0 Å². The van der Waals surface area contributed by atoms with Crippen LogP contribution in [-0.4, -0.2) is 37.8 Å². The van der Waals surface area contributed by atoms with Crippen LogP contribution in [0.3, 0.4) is 0 Å². The maximum atomic E-state index is 12.1. The number of nitrogens with one attached hydrogen (secondary N) is 2. The minimum atomic E-state index is -3.31. The van der Waals surface area contributed by atoms with E-state index in [1.54, 1.807) is 24.3 Å². The van der Waals surface area contributed by atoms with E-state index in [9.17, 15) is 18.3 Å². The lowest BCUT2D eigenvalue weighted by Gasteiger charge is -2.26. The van der Waals surface area contributed by atoms with Crippen LogP contribution in [0.25, 0.3) is 0 Å². The van der Waals surface area contributed by atoms with Gasteiger partial charge in [-0.05, 0) is 49.9 Å². The third kappa shape index (κ3) is 5.02. The van der Waals surface area contributed by atoms with Crippen LogP contribution in [0.5, 0.6) is 0 Å². The summed E-state index contributed by atoms with van der Waals surface area (Å²) in [4.78, 5) is 12.1. The first-order valence-corrected chi connectivity index (χ1v) is 8.79. The summed E-state index contributed by atoms with van der Waals surface area (Å²) in [5.41, 5.74) is 0.912. The lowest BCUT2D eigenvalue weighted by atomic mass is 9.93. The Kier molecular flexibility index (Phi) is 4.84. The van der Waals surface area contributed by atoms with Gasteiger partial charge in [0.2, 0.25) is 10.0 Å². The van der Waals surface area contributed by atoms with Crippen molar-refractivity contribution in [2.75, 3.05) is 11.0 Å². The number of aliphatic hydroxyl groups excluding tert-OH is 1. The van der Waals surface area contributed by atoms with Gasteiger partial charge in [0.15, 0.2) is 0 Å². The van der Waals surface area contributed by atoms with Crippen molar-refractivity contribution in [1.82, 2.24) is 5.32 Å². The Morgan fingerprint density at radius 1 is 1.14 bits per heavy atom. The van der Waals surface area contributed by atoms with Crippen LogP contribution >= 0.6 is 0 Å². The Hall–Kier alpha value is -1.60. The molecule has 1 aromatic rings. The number of benzene rings is 1. The van der Waals surface area contributed by atoms with E-state index in [1.807, 2.05) is 0 Å². The molecule has 7 heteroatoms. The van der Waals surface area contributed by atoms with E-state index in [0.717, 1.165) is 19.1 Å². The third-order valence-corrected chi connectivity index (χ3v) is 4.09. The molecule has 0 aliphatic heterocycles. The molecule has 1 fully saturated rings. The first-order valence-electron chi connectivity index (χ1n) is 6.90. The Morgan fingerprint density at radius 2 is 1.71 bits per heavy atom. The van der Waals surface area contributed by atoms with E-state index in [-0.39, 0.29) is 18.1 Å². The molecular weight excluding hydrogens is 292 g/mol. The van der Waals surface area contributed by atoms with E-state index in [4.69, 9.17) is 0 Å². The fourth-order valence-corrected chi connectivity index (χ4v) is 2.96. The number of aliphatic hydroxyl groups is 1. The van der Waals surface area contributed by atoms with Gasteiger partial charge in [-0.1, -0.05) is 0 Å². The number of sulfonamides is 1. The number of carbonyl (C=O) groups excluding carboxylic acids is 1. The van der Waals surface area contributed by atoms with Crippen molar-refractivity contribution in [2.24, 2.45) is 0 Å². The molecule has 0 spiro atoms. The van der Waals surface area contributed by atoms with Gasteiger partial charge in [0, 0.05) is 17.3 Å². The molecule has 0 saturated heterocycles. The Balaban J connectivity index is 1.94. The normalized spacial score (nSPS) is 22.6. The smallest absolute Gasteiger partial charge is 0.251 e. The summed E-state index contributed by atoms with van der Waals surface area (Å²) in [6.07, 6.45) is 3.80. The van der Waals surface area contributed by atoms with Crippen LogP contribution in [0, 0.1) is 0 Å². The molecule has 1 aromatic carbocycles. The summed E-state index contributed by atoms with van der Waals surface area (Å²) < 4.78 is 24.5. The van der Waals surface area contributed by atoms with Crippen LogP contribution in [0.1, 0.15) is 36.0 Å². The highest BCUT2D eigenvalue weighted by Crippen LogP contribution is 2.19. The van der Waals surface area contributed by atoms with Crippen LogP contribution in [0.2, 0.25) is 0 Å². The second-order valence-corrected chi connectivity index (χ2v) is 7.18. The van der Waals surface area contributed by atoms with Crippen molar-refractivity contribution in [1.29, 1.82) is 0 Å². The average Bonchev–Trinajstić information content (AvgIpc) is 2.40. The summed E-state index contributed by atoms with van der Waals surface area (Å²) in [5, 5.41) is 12.4. The minimum Gasteiger partial charge on any atom is -0.393 e. The molecular formula is C14H20N2O4S. The standard InChI is InChI=1S/C14H20N2O4S/c1-21(19,20)16-12-4-2-10(3-5-12)14(18)15-11-6-8-13(17)9-7-11/h2-5,11,13,16-17H,6-9H2,1H3,(H,15,18). The second-order valence-electron chi connectivity index (χ2n) is 5.43. The fourth-order valence-electron chi connectivity index (χ4n) is 2.39. The van der Waals surface area contributed by atoms with Gasteiger partial charge in [-0.15, -0.1) is 0 Å². The van der Waals surface area contributed by atoms with Gasteiger partial charge in [0.05, 0.1) is 12.4 Å². The minimum absolute atomic E-state index is 0.0923. The number of hydrogen-bond acceptors (Lipinski definition) is 4. The van der Waals surface area contributed by atoms with Gasteiger partial charge in [0.1, 0.15) is 0 Å². The predicted molar refractivity (Wildman–Crippen MR) is 80.6 cm³/mol. The van der Waals surface area contributed by atoms with Crippen molar-refractivity contribution in [3.63, 3.8) is 0 Å². The summed E-state index contributed by atoms with van der Waals surface area (Å²) in [6.45, 7) is 0. The van der Waals surface area contributed by atoms with Crippen LogP contribution in [-0.2, 0) is 10.0 Å². The fraction of sp³-hybridized carbons (Fsp3) is 0.500. The highest BCUT2D eigenvalue weighted by molar-refractivity contribution is 7.92. The Bertz CT molecular complexity index is 590. The molecule has 0 bridgehead atoms. The van der Waals surface area contributed by atoms with E-state index in [0.29, 0.717) is 24.1 Å². The van der Waals surface area contributed by atoms with Crippen molar-refractivity contribution >= 4 is 21.6 Å². The van der Waals surface area contributed by atoms with E-state index < -0.39 is 10.0 Å². The number of amides is 1. The maximum absolute atomic E-state index is 12.1. The first kappa shape index (κ1) is 15.8. The van der Waals surface area contributed by atoms with Crippen molar-refractivity contribution in [3.05, 3.63) is 29.8 Å². The molecule has 0 aromatic heterocycles. The molecule has 0 atom stereocenters. The van der Waals surface area contributed by atoms with Crippen molar-refractivity contribution < 1.29 is 18.3 Å². The number of carbonyl (C=O) groups is 1. The number of rotatable bonds is 4. The van der Waals surface area contributed by atoms with Crippen LogP contribution < -0.4 is 10.0 Å². The zero-order chi connectivity index (χ0) is 15.5.